The van der Waals surface area contributed by atoms with Crippen molar-refractivity contribution in [1.29, 1.82) is 0 Å². The summed E-state index contributed by atoms with van der Waals surface area (Å²) < 4.78 is 52.1. The number of sulfonamides is 1. The van der Waals surface area contributed by atoms with Gasteiger partial charge in [-0.1, -0.05) is 67.6 Å². The summed E-state index contributed by atoms with van der Waals surface area (Å²) in [6, 6.07) is 26.4. The van der Waals surface area contributed by atoms with Gasteiger partial charge in [-0.2, -0.15) is 0 Å². The molecule has 0 bridgehead atoms. The maximum absolute atomic E-state index is 14.8. The number of carbonyl (C=O) groups excluding carboxylic acids is 2. The monoisotopic (exact) mass is 703 g/mol. The van der Waals surface area contributed by atoms with Gasteiger partial charge in [0, 0.05) is 31.1 Å². The number of nitrogens with one attached hydrogen (secondary N) is 1. The van der Waals surface area contributed by atoms with E-state index in [9.17, 15) is 18.0 Å². The summed E-state index contributed by atoms with van der Waals surface area (Å²) in [6.07, 6.45) is 0.885. The number of hydrogen-bond donors (Lipinski definition) is 1. The molecular weight excluding hydrogens is 658 g/mol. The van der Waals surface area contributed by atoms with Gasteiger partial charge in [-0.25, -0.2) is 8.42 Å². The van der Waals surface area contributed by atoms with E-state index in [4.69, 9.17) is 18.9 Å². The van der Waals surface area contributed by atoms with Crippen LogP contribution < -0.4 is 28.6 Å². The fraction of sp³-hybridized carbons (Fsp3) is 0.316. The van der Waals surface area contributed by atoms with Crippen LogP contribution in [0.2, 0.25) is 0 Å². The molecule has 12 heteroatoms. The molecule has 266 valence electrons. The number of benzene rings is 4. The summed E-state index contributed by atoms with van der Waals surface area (Å²) in [6.45, 7) is 3.23. The summed E-state index contributed by atoms with van der Waals surface area (Å²) >= 11 is 0. The fourth-order valence-electron chi connectivity index (χ4n) is 5.38. The molecule has 2 amide bonds. The van der Waals surface area contributed by atoms with E-state index in [-0.39, 0.29) is 47.0 Å². The topological polar surface area (TPSA) is 124 Å². The Morgan fingerprint density at radius 3 is 1.92 bits per heavy atom. The van der Waals surface area contributed by atoms with Gasteiger partial charge in [0.2, 0.25) is 11.8 Å². The SMILES string of the molecule is CC[C@@H](C)NC(=O)[C@H](Cc1ccccc1)N(Cc1ccccc1)C(=O)CN(c1cc(OC)ccc1OC)S(=O)(=O)c1ccc(OC)c(OC)c1. The Morgan fingerprint density at radius 1 is 0.740 bits per heavy atom. The number of nitrogens with zero attached hydrogens (tertiary/aromatic N) is 2. The molecule has 0 fully saturated rings. The molecule has 4 aromatic carbocycles. The molecule has 0 spiro atoms. The number of anilines is 1. The Labute approximate surface area is 294 Å². The molecule has 0 heterocycles. The van der Waals surface area contributed by atoms with Crippen LogP contribution in [0.15, 0.2) is 102 Å². The van der Waals surface area contributed by atoms with Crippen LogP contribution in [-0.2, 0) is 32.6 Å². The predicted molar refractivity (Wildman–Crippen MR) is 192 cm³/mol. The third kappa shape index (κ3) is 9.06. The van der Waals surface area contributed by atoms with Crippen molar-refractivity contribution in [2.75, 3.05) is 39.3 Å². The van der Waals surface area contributed by atoms with E-state index in [1.54, 1.807) is 12.1 Å². The molecule has 0 unspecified atom stereocenters. The molecule has 2 atom stereocenters. The zero-order chi connectivity index (χ0) is 36.3. The van der Waals surface area contributed by atoms with E-state index in [1.807, 2.05) is 74.5 Å². The average molecular weight is 704 g/mol. The van der Waals surface area contributed by atoms with E-state index in [1.165, 1.54) is 57.6 Å². The average Bonchev–Trinajstić information content (AvgIpc) is 3.15. The highest BCUT2D eigenvalue weighted by atomic mass is 32.2. The van der Waals surface area contributed by atoms with Crippen molar-refractivity contribution in [3.05, 3.63) is 108 Å². The predicted octanol–water partition coefficient (Wildman–Crippen LogP) is 5.47. The van der Waals surface area contributed by atoms with Crippen LogP contribution in [-0.4, -0.2) is 72.2 Å². The molecule has 0 aliphatic carbocycles. The Morgan fingerprint density at radius 2 is 1.34 bits per heavy atom. The molecule has 0 aliphatic rings. The fourth-order valence-corrected chi connectivity index (χ4v) is 6.82. The Balaban J connectivity index is 1.89. The molecule has 0 saturated heterocycles. The number of hydrogen-bond acceptors (Lipinski definition) is 8. The van der Waals surface area contributed by atoms with Gasteiger partial charge in [-0.05, 0) is 48.7 Å². The number of amides is 2. The van der Waals surface area contributed by atoms with Gasteiger partial charge < -0.3 is 29.2 Å². The number of ether oxygens (including phenoxy) is 4. The second-order valence-electron chi connectivity index (χ2n) is 11.6. The third-order valence-corrected chi connectivity index (χ3v) is 10.1. The molecular formula is C38H45N3O8S. The van der Waals surface area contributed by atoms with Crippen LogP contribution in [0.5, 0.6) is 23.0 Å². The highest BCUT2D eigenvalue weighted by molar-refractivity contribution is 7.92. The lowest BCUT2D eigenvalue weighted by atomic mass is 10.0. The Bertz CT molecular complexity index is 1840. The maximum Gasteiger partial charge on any atom is 0.265 e. The molecule has 0 radical (unpaired) electrons. The highest BCUT2D eigenvalue weighted by Gasteiger charge is 2.36. The van der Waals surface area contributed by atoms with Crippen molar-refractivity contribution < 1.29 is 37.0 Å². The van der Waals surface area contributed by atoms with Crippen LogP contribution in [0.25, 0.3) is 0 Å². The lowest BCUT2D eigenvalue weighted by molar-refractivity contribution is -0.140. The summed E-state index contributed by atoms with van der Waals surface area (Å²) in [7, 11) is 1.23. The first-order valence-electron chi connectivity index (χ1n) is 16.2. The maximum atomic E-state index is 14.8. The van der Waals surface area contributed by atoms with Gasteiger partial charge in [-0.15, -0.1) is 0 Å². The van der Waals surface area contributed by atoms with Gasteiger partial charge in [0.1, 0.15) is 24.1 Å². The second kappa shape index (κ2) is 17.4. The van der Waals surface area contributed by atoms with Gasteiger partial charge in [-0.3, -0.25) is 13.9 Å². The third-order valence-electron chi connectivity index (χ3n) is 8.34. The largest absolute Gasteiger partial charge is 0.497 e. The van der Waals surface area contributed by atoms with E-state index >= 15 is 0 Å². The summed E-state index contributed by atoms with van der Waals surface area (Å²) in [5, 5.41) is 3.04. The summed E-state index contributed by atoms with van der Waals surface area (Å²) in [4.78, 5) is 30.1. The van der Waals surface area contributed by atoms with E-state index < -0.39 is 28.5 Å². The minimum Gasteiger partial charge on any atom is -0.497 e. The van der Waals surface area contributed by atoms with Crippen molar-refractivity contribution in [3.63, 3.8) is 0 Å². The molecule has 50 heavy (non-hydrogen) atoms. The van der Waals surface area contributed by atoms with Gasteiger partial charge in [0.05, 0.1) is 39.0 Å². The minimum atomic E-state index is -4.48. The van der Waals surface area contributed by atoms with E-state index in [2.05, 4.69) is 5.32 Å². The van der Waals surface area contributed by atoms with Crippen LogP contribution in [0, 0.1) is 0 Å². The zero-order valence-corrected chi connectivity index (χ0v) is 30.1. The molecule has 11 nitrogen and oxygen atoms in total. The summed E-state index contributed by atoms with van der Waals surface area (Å²) in [5.74, 6) is 0.0964. The van der Waals surface area contributed by atoms with Crippen LogP contribution in [0.4, 0.5) is 5.69 Å². The van der Waals surface area contributed by atoms with Crippen molar-refractivity contribution in [1.82, 2.24) is 10.2 Å². The first-order chi connectivity index (χ1) is 24.1. The second-order valence-corrected chi connectivity index (χ2v) is 13.5. The van der Waals surface area contributed by atoms with Crippen LogP contribution in [0.1, 0.15) is 31.4 Å². The first-order valence-corrected chi connectivity index (χ1v) is 17.6. The van der Waals surface area contributed by atoms with Gasteiger partial charge in [0.25, 0.3) is 10.0 Å². The molecule has 4 rings (SSSR count). The molecule has 0 aliphatic heterocycles. The van der Waals surface area contributed by atoms with Crippen molar-refractivity contribution in [2.45, 2.75) is 50.2 Å². The minimum absolute atomic E-state index is 0.0462. The number of carbonyl (C=O) groups is 2. The van der Waals surface area contributed by atoms with Gasteiger partial charge in [0.15, 0.2) is 11.5 Å². The molecule has 0 aromatic heterocycles. The van der Waals surface area contributed by atoms with E-state index in [0.717, 1.165) is 15.4 Å². The Hall–Kier alpha value is -5.23. The molecule has 1 N–H and O–H groups in total. The first kappa shape index (κ1) is 37.6. The normalized spacial score (nSPS) is 12.3. The van der Waals surface area contributed by atoms with Crippen molar-refractivity contribution in [3.8, 4) is 23.0 Å². The van der Waals surface area contributed by atoms with E-state index in [0.29, 0.717) is 17.9 Å². The van der Waals surface area contributed by atoms with Crippen molar-refractivity contribution in [2.24, 2.45) is 0 Å². The molecule has 4 aromatic rings. The smallest absolute Gasteiger partial charge is 0.265 e. The summed E-state index contributed by atoms with van der Waals surface area (Å²) in [5.41, 5.74) is 1.67. The molecule has 0 saturated carbocycles. The van der Waals surface area contributed by atoms with Crippen LogP contribution >= 0.6 is 0 Å². The quantitative estimate of drug-likeness (QED) is 0.154. The number of methoxy groups -OCH3 is 4. The Kier molecular flexibility index (Phi) is 13.1. The highest BCUT2D eigenvalue weighted by Crippen LogP contribution is 2.38. The lowest BCUT2D eigenvalue weighted by Gasteiger charge is -2.34. The number of rotatable bonds is 17. The van der Waals surface area contributed by atoms with Crippen LogP contribution in [0.3, 0.4) is 0 Å². The van der Waals surface area contributed by atoms with Crippen molar-refractivity contribution >= 4 is 27.5 Å². The standard InChI is InChI=1S/C38H45N3O8S/c1-7-27(2)39-38(43)33(22-28-14-10-8-11-15-28)40(25-29-16-12-9-13-17-29)37(42)26-41(32-23-30(46-3)18-20-34(32)47-4)50(44,45)31-19-21-35(48-5)36(24-31)49-6/h8-21,23-24,27,33H,7,22,25-26H2,1-6H3,(H,39,43)/t27-,33+/m1/s1. The van der Waals surface area contributed by atoms with Gasteiger partial charge >= 0.3 is 0 Å². The zero-order valence-electron chi connectivity index (χ0n) is 29.3. The lowest BCUT2D eigenvalue weighted by Crippen LogP contribution is -2.54.